The molecule has 0 N–H and O–H groups in total. The van der Waals surface area contributed by atoms with Gasteiger partial charge in [-0.25, -0.2) is 9.97 Å². The predicted molar refractivity (Wildman–Crippen MR) is 292 cm³/mol. The van der Waals surface area contributed by atoms with Crippen LogP contribution in [-0.2, 0) is 10.8 Å². The van der Waals surface area contributed by atoms with E-state index in [1.807, 2.05) is 6.07 Å². The van der Waals surface area contributed by atoms with E-state index in [2.05, 4.69) is 258 Å². The summed E-state index contributed by atoms with van der Waals surface area (Å²) < 4.78 is 2.67. The van der Waals surface area contributed by atoms with Crippen LogP contribution in [0.5, 0.6) is 0 Å². The van der Waals surface area contributed by atoms with E-state index in [4.69, 9.17) is 9.97 Å². The summed E-state index contributed by atoms with van der Waals surface area (Å²) in [7, 11) is 0. The van der Waals surface area contributed by atoms with E-state index in [-0.39, 0.29) is 16.7 Å². The Kier molecular flexibility index (Phi) is 11.2. The summed E-state index contributed by atoms with van der Waals surface area (Å²) in [6.07, 6.45) is 10.1. The molecule has 69 heavy (non-hydrogen) atoms. The third kappa shape index (κ3) is 8.33. The number of aromatic nitrogens is 3. The number of nitrogens with zero attached hydrogens (tertiary/aromatic N) is 3. The van der Waals surface area contributed by atoms with Gasteiger partial charge in [-0.3, -0.25) is 0 Å². The lowest BCUT2D eigenvalue weighted by Crippen LogP contribution is -2.13. The third-order valence-corrected chi connectivity index (χ3v) is 13.8. The van der Waals surface area contributed by atoms with Crippen molar-refractivity contribution in [3.8, 4) is 73.0 Å². The smallest absolute Gasteiger partial charge is 0.160 e. The largest absolute Gasteiger partial charge is 0.307 e. The van der Waals surface area contributed by atoms with Gasteiger partial charge in [0.15, 0.2) is 5.82 Å². The molecule has 336 valence electrons. The lowest BCUT2D eigenvalue weighted by atomic mass is 9.81. The van der Waals surface area contributed by atoms with Crippen LogP contribution in [0.4, 0.5) is 0 Å². The molecule has 3 heteroatoms. The Morgan fingerprint density at radius 2 is 0.870 bits per heavy atom. The quantitative estimate of drug-likeness (QED) is 0.152. The number of rotatable bonds is 8. The van der Waals surface area contributed by atoms with Gasteiger partial charge in [-0.15, -0.1) is 0 Å². The molecule has 10 aromatic rings. The van der Waals surface area contributed by atoms with Crippen LogP contribution in [0.15, 0.2) is 218 Å². The fourth-order valence-corrected chi connectivity index (χ4v) is 10.1. The highest BCUT2D eigenvalue weighted by Crippen LogP contribution is 2.50. The van der Waals surface area contributed by atoms with Crippen molar-refractivity contribution in [2.75, 3.05) is 0 Å². The van der Waals surface area contributed by atoms with E-state index < -0.39 is 0 Å². The van der Waals surface area contributed by atoms with Crippen molar-refractivity contribution in [3.05, 3.63) is 235 Å². The summed E-state index contributed by atoms with van der Waals surface area (Å²) in [6, 6.07) is 70.7. The molecule has 0 saturated heterocycles. The first-order chi connectivity index (χ1) is 33.5. The second-order valence-corrected chi connectivity index (χ2v) is 20.6. The molecule has 0 saturated carbocycles. The van der Waals surface area contributed by atoms with Gasteiger partial charge in [0.25, 0.3) is 0 Å². The first-order valence-corrected chi connectivity index (χ1v) is 24.3. The first kappa shape index (κ1) is 43.7. The van der Waals surface area contributed by atoms with Crippen molar-refractivity contribution < 1.29 is 0 Å². The molecule has 1 aliphatic rings. The Hall–Kier alpha value is -7.88. The van der Waals surface area contributed by atoms with Crippen LogP contribution >= 0.6 is 0 Å². The highest BCUT2D eigenvalue weighted by Gasteiger charge is 2.30. The number of hydrogen-bond donors (Lipinski definition) is 0. The average molecular weight is 892 g/mol. The maximum Gasteiger partial charge on any atom is 0.160 e. The summed E-state index contributed by atoms with van der Waals surface area (Å²) in [6.45, 7) is 14.1. The molecule has 1 aliphatic carbocycles. The van der Waals surface area contributed by atoms with Gasteiger partial charge in [0.1, 0.15) is 0 Å². The number of fused-ring (bicyclic) bond motifs is 3. The molecule has 2 aromatic heterocycles. The third-order valence-electron chi connectivity index (χ3n) is 13.8. The van der Waals surface area contributed by atoms with E-state index in [1.165, 1.54) is 49.6 Å². The van der Waals surface area contributed by atoms with Crippen molar-refractivity contribution in [2.24, 2.45) is 0 Å². The van der Waals surface area contributed by atoms with E-state index in [0.717, 1.165) is 62.4 Å². The van der Waals surface area contributed by atoms with Gasteiger partial charge in [0.2, 0.25) is 0 Å². The molecule has 3 nitrogen and oxygen atoms in total. The molecule has 0 spiro atoms. The summed E-state index contributed by atoms with van der Waals surface area (Å²) >= 11 is 0. The standard InChI is InChI=1S/C66H57N3/c1-65(2,3)51-39-55(46-29-17-9-18-30-46)62-57(41-51)58-42-52(66(4,5)6)40-56(47-31-19-10-20-32-47)63(58)69(62)61-53(44-25-13-7-14-26-44)37-50(38-54(61)45-27-15-8-16-28-45)60-43-59(48-33-21-11-22-34-48)67-64(68-60)49-35-23-12-24-36-49/h7-31,33-43,47H,32H2,1-6H3. The minimum Gasteiger partial charge on any atom is -0.307 e. The molecule has 2 heterocycles. The van der Waals surface area contributed by atoms with Crippen molar-refractivity contribution in [2.45, 2.75) is 64.7 Å². The maximum atomic E-state index is 5.42. The number of benzene rings is 8. The van der Waals surface area contributed by atoms with Crippen molar-refractivity contribution >= 4 is 21.8 Å². The second-order valence-electron chi connectivity index (χ2n) is 20.6. The molecule has 0 amide bonds. The first-order valence-electron chi connectivity index (χ1n) is 24.3. The van der Waals surface area contributed by atoms with Crippen LogP contribution in [-0.4, -0.2) is 14.5 Å². The molecule has 11 rings (SSSR count). The zero-order chi connectivity index (χ0) is 47.3. The zero-order valence-corrected chi connectivity index (χ0v) is 40.4. The van der Waals surface area contributed by atoms with Gasteiger partial charge < -0.3 is 4.57 Å². The Balaban J connectivity index is 1.35. The van der Waals surface area contributed by atoms with Crippen molar-refractivity contribution in [3.63, 3.8) is 0 Å². The Labute approximate surface area is 407 Å². The number of allylic oxidation sites excluding steroid dienone is 4. The topological polar surface area (TPSA) is 30.7 Å². The van der Waals surface area contributed by atoms with Gasteiger partial charge in [-0.1, -0.05) is 224 Å². The summed E-state index contributed by atoms with van der Waals surface area (Å²) in [5.74, 6) is 0.871. The fraction of sp³-hybridized carbons (Fsp3) is 0.152. The average Bonchev–Trinajstić information content (AvgIpc) is 3.72. The Morgan fingerprint density at radius 1 is 0.420 bits per heavy atom. The van der Waals surface area contributed by atoms with Gasteiger partial charge in [0.05, 0.1) is 28.1 Å². The van der Waals surface area contributed by atoms with Crippen LogP contribution < -0.4 is 0 Å². The lowest BCUT2D eigenvalue weighted by Gasteiger charge is -2.26. The fourth-order valence-electron chi connectivity index (χ4n) is 10.1. The van der Waals surface area contributed by atoms with E-state index in [9.17, 15) is 0 Å². The molecular weight excluding hydrogens is 835 g/mol. The molecule has 8 aromatic carbocycles. The highest BCUT2D eigenvalue weighted by atomic mass is 15.0. The highest BCUT2D eigenvalue weighted by molar-refractivity contribution is 6.16. The van der Waals surface area contributed by atoms with Crippen LogP contribution in [0.25, 0.3) is 94.8 Å². The van der Waals surface area contributed by atoms with Gasteiger partial charge in [-0.05, 0) is 87.0 Å². The SMILES string of the molecule is CC(C)(C)c1cc(-c2ccccc2)c2c(c1)c1cc(C(C)(C)C)cc(C3C=CC=CC3)c1n2-c1c(-c2ccccc2)cc(-c2cc(-c3ccccc3)nc(-c3ccccc3)n2)cc1-c1ccccc1. The van der Waals surface area contributed by atoms with E-state index in [1.54, 1.807) is 0 Å². The monoisotopic (exact) mass is 891 g/mol. The number of hydrogen-bond acceptors (Lipinski definition) is 2. The molecule has 0 fully saturated rings. The van der Waals surface area contributed by atoms with Gasteiger partial charge >= 0.3 is 0 Å². The summed E-state index contributed by atoms with van der Waals surface area (Å²) in [5.41, 5.74) is 19.1. The molecule has 0 bridgehead atoms. The minimum atomic E-state index is -0.103. The molecule has 1 unspecified atom stereocenters. The van der Waals surface area contributed by atoms with Crippen molar-refractivity contribution in [1.29, 1.82) is 0 Å². The molecule has 0 radical (unpaired) electrons. The lowest BCUT2D eigenvalue weighted by molar-refractivity contribution is 0.589. The van der Waals surface area contributed by atoms with Gasteiger partial charge in [0, 0.05) is 50.1 Å². The van der Waals surface area contributed by atoms with Crippen LogP contribution in [0, 0.1) is 0 Å². The molecular formula is C66H57N3. The summed E-state index contributed by atoms with van der Waals surface area (Å²) in [5, 5.41) is 2.54. The predicted octanol–water partition coefficient (Wildman–Crippen LogP) is 17.8. The Morgan fingerprint density at radius 3 is 1.36 bits per heavy atom. The van der Waals surface area contributed by atoms with Crippen LogP contribution in [0.3, 0.4) is 0 Å². The van der Waals surface area contributed by atoms with Crippen LogP contribution in [0.2, 0.25) is 0 Å². The Bertz CT molecular complexity index is 3430. The van der Waals surface area contributed by atoms with Gasteiger partial charge in [-0.2, -0.15) is 0 Å². The zero-order valence-electron chi connectivity index (χ0n) is 40.4. The summed E-state index contributed by atoms with van der Waals surface area (Å²) in [4.78, 5) is 10.6. The van der Waals surface area contributed by atoms with E-state index >= 15 is 0 Å². The molecule has 0 aliphatic heterocycles. The van der Waals surface area contributed by atoms with Crippen molar-refractivity contribution in [1.82, 2.24) is 14.5 Å². The second kappa shape index (κ2) is 17.6. The normalized spacial score (nSPS) is 13.9. The minimum absolute atomic E-state index is 0.0870. The maximum absolute atomic E-state index is 5.42. The molecule has 1 atom stereocenters. The van der Waals surface area contributed by atoms with Crippen LogP contribution in [0.1, 0.15) is 70.6 Å². The van der Waals surface area contributed by atoms with E-state index in [0.29, 0.717) is 5.82 Å².